The van der Waals surface area contributed by atoms with Crippen LogP contribution in [0.5, 0.6) is 5.75 Å². The van der Waals surface area contributed by atoms with Gasteiger partial charge >= 0.3 is 0 Å². The van der Waals surface area contributed by atoms with Gasteiger partial charge < -0.3 is 5.11 Å². The Bertz CT molecular complexity index is 479. The predicted molar refractivity (Wildman–Crippen MR) is 49.9 cm³/mol. The Morgan fingerprint density at radius 3 is 2.57 bits per heavy atom. The van der Waals surface area contributed by atoms with Crippen molar-refractivity contribution in [2.45, 2.75) is 0 Å². The number of nitriles is 1. The van der Waals surface area contributed by atoms with Gasteiger partial charge in [-0.15, -0.1) is 0 Å². The van der Waals surface area contributed by atoms with Crippen LogP contribution in [0, 0.1) is 11.3 Å². The van der Waals surface area contributed by atoms with Gasteiger partial charge in [-0.05, 0) is 30.3 Å². The second-order valence-corrected chi connectivity index (χ2v) is 2.76. The van der Waals surface area contributed by atoms with Crippen LogP contribution in [0.4, 0.5) is 0 Å². The van der Waals surface area contributed by atoms with Crippen molar-refractivity contribution in [2.75, 3.05) is 0 Å². The van der Waals surface area contributed by atoms with Crippen LogP contribution >= 0.6 is 0 Å². The van der Waals surface area contributed by atoms with E-state index in [0.29, 0.717) is 5.69 Å². The molecule has 4 heteroatoms. The number of rotatable bonds is 1. The van der Waals surface area contributed by atoms with Crippen LogP contribution in [0.1, 0.15) is 5.69 Å². The van der Waals surface area contributed by atoms with E-state index in [2.05, 4.69) is 5.10 Å². The topological polar surface area (TPSA) is 61.8 Å². The average molecular weight is 185 g/mol. The van der Waals surface area contributed by atoms with Crippen LogP contribution in [0.3, 0.4) is 0 Å². The summed E-state index contributed by atoms with van der Waals surface area (Å²) in [7, 11) is 0. The highest BCUT2D eigenvalue weighted by atomic mass is 16.3. The fourth-order valence-electron chi connectivity index (χ4n) is 1.19. The van der Waals surface area contributed by atoms with Crippen LogP contribution in [0.25, 0.3) is 5.69 Å². The highest BCUT2D eigenvalue weighted by Gasteiger charge is 2.02. The summed E-state index contributed by atoms with van der Waals surface area (Å²) < 4.78 is 1.51. The highest BCUT2D eigenvalue weighted by molar-refractivity contribution is 5.39. The predicted octanol–water partition coefficient (Wildman–Crippen LogP) is 1.45. The van der Waals surface area contributed by atoms with Crippen molar-refractivity contribution in [3.05, 3.63) is 42.2 Å². The van der Waals surface area contributed by atoms with E-state index in [1.54, 1.807) is 36.5 Å². The van der Waals surface area contributed by atoms with Gasteiger partial charge in [-0.2, -0.15) is 10.4 Å². The molecule has 0 fully saturated rings. The fraction of sp³-hybridized carbons (Fsp3) is 0. The number of phenolic OH excluding ortho intramolecular Hbond substituents is 1. The van der Waals surface area contributed by atoms with Crippen molar-refractivity contribution < 1.29 is 5.11 Å². The molecular formula is C10H7N3O. The molecule has 0 spiro atoms. The largest absolute Gasteiger partial charge is 0.508 e. The van der Waals surface area contributed by atoms with Gasteiger partial charge in [0.15, 0.2) is 0 Å². The van der Waals surface area contributed by atoms with Crippen LogP contribution in [0.15, 0.2) is 36.5 Å². The molecule has 14 heavy (non-hydrogen) atoms. The minimum atomic E-state index is 0.194. The Morgan fingerprint density at radius 1 is 1.21 bits per heavy atom. The van der Waals surface area contributed by atoms with Crippen LogP contribution in [-0.4, -0.2) is 14.9 Å². The van der Waals surface area contributed by atoms with Gasteiger partial charge in [0.05, 0.1) is 11.9 Å². The zero-order valence-corrected chi connectivity index (χ0v) is 7.25. The van der Waals surface area contributed by atoms with Gasteiger partial charge in [-0.1, -0.05) is 0 Å². The molecule has 68 valence electrons. The minimum Gasteiger partial charge on any atom is -0.508 e. The zero-order chi connectivity index (χ0) is 9.97. The maximum absolute atomic E-state index is 9.09. The Morgan fingerprint density at radius 2 is 1.93 bits per heavy atom. The lowest BCUT2D eigenvalue weighted by molar-refractivity contribution is 0.475. The van der Waals surface area contributed by atoms with Crippen molar-refractivity contribution in [1.29, 1.82) is 5.26 Å². The molecule has 2 rings (SSSR count). The van der Waals surface area contributed by atoms with Crippen molar-refractivity contribution in [1.82, 2.24) is 9.78 Å². The quantitative estimate of drug-likeness (QED) is 0.731. The highest BCUT2D eigenvalue weighted by Crippen LogP contribution is 2.14. The summed E-state index contributed by atoms with van der Waals surface area (Å²) in [6.07, 6.45) is 1.56. The summed E-state index contributed by atoms with van der Waals surface area (Å²) in [5.74, 6) is 0.194. The molecular weight excluding hydrogens is 178 g/mol. The van der Waals surface area contributed by atoms with Crippen molar-refractivity contribution in [2.24, 2.45) is 0 Å². The maximum atomic E-state index is 9.09. The second-order valence-electron chi connectivity index (χ2n) is 2.76. The first-order valence-electron chi connectivity index (χ1n) is 4.05. The summed E-state index contributed by atoms with van der Waals surface area (Å²) in [5.41, 5.74) is 1.22. The lowest BCUT2D eigenvalue weighted by Crippen LogP contribution is -1.98. The first kappa shape index (κ1) is 8.32. The van der Waals surface area contributed by atoms with Gasteiger partial charge in [-0.3, -0.25) is 0 Å². The lowest BCUT2D eigenvalue weighted by Gasteiger charge is -2.01. The molecule has 1 heterocycles. The third-order valence-corrected chi connectivity index (χ3v) is 1.85. The summed E-state index contributed by atoms with van der Waals surface area (Å²) in [5, 5.41) is 21.8. The van der Waals surface area contributed by atoms with E-state index in [1.165, 1.54) is 4.68 Å². The molecule has 0 aliphatic rings. The van der Waals surface area contributed by atoms with E-state index in [9.17, 15) is 0 Å². The van der Waals surface area contributed by atoms with E-state index in [1.807, 2.05) is 6.07 Å². The molecule has 0 amide bonds. The molecule has 0 aliphatic carbocycles. The Hall–Kier alpha value is -2.28. The smallest absolute Gasteiger partial charge is 0.144 e. The summed E-state index contributed by atoms with van der Waals surface area (Å²) in [6, 6.07) is 10.2. The summed E-state index contributed by atoms with van der Waals surface area (Å²) in [6.45, 7) is 0. The van der Waals surface area contributed by atoms with E-state index in [-0.39, 0.29) is 5.75 Å². The van der Waals surface area contributed by atoms with Gasteiger partial charge in [0.25, 0.3) is 0 Å². The molecule has 0 saturated carbocycles. The molecule has 1 aromatic carbocycles. The van der Waals surface area contributed by atoms with Crippen LogP contribution in [-0.2, 0) is 0 Å². The maximum Gasteiger partial charge on any atom is 0.144 e. The molecule has 2 aromatic rings. The van der Waals surface area contributed by atoms with Crippen LogP contribution in [0.2, 0.25) is 0 Å². The third-order valence-electron chi connectivity index (χ3n) is 1.85. The molecule has 0 atom stereocenters. The number of aromatic nitrogens is 2. The first-order valence-corrected chi connectivity index (χ1v) is 4.05. The summed E-state index contributed by atoms with van der Waals surface area (Å²) >= 11 is 0. The zero-order valence-electron chi connectivity index (χ0n) is 7.25. The first-order chi connectivity index (χ1) is 6.81. The van der Waals surface area contributed by atoms with E-state index >= 15 is 0 Å². The number of benzene rings is 1. The van der Waals surface area contributed by atoms with E-state index in [4.69, 9.17) is 10.4 Å². The number of phenols is 1. The Balaban J connectivity index is 2.50. The normalized spacial score (nSPS) is 9.64. The molecule has 0 aliphatic heterocycles. The molecule has 1 N–H and O–H groups in total. The average Bonchev–Trinajstić information content (AvgIpc) is 2.67. The molecule has 0 radical (unpaired) electrons. The molecule has 4 nitrogen and oxygen atoms in total. The lowest BCUT2D eigenvalue weighted by atomic mass is 10.3. The number of nitrogens with zero attached hydrogens (tertiary/aromatic N) is 3. The monoisotopic (exact) mass is 185 g/mol. The van der Waals surface area contributed by atoms with Crippen molar-refractivity contribution in [3.8, 4) is 17.5 Å². The number of hydrogen-bond acceptors (Lipinski definition) is 3. The van der Waals surface area contributed by atoms with Crippen LogP contribution < -0.4 is 0 Å². The second kappa shape index (κ2) is 3.23. The van der Waals surface area contributed by atoms with Gasteiger partial charge in [0, 0.05) is 0 Å². The van der Waals surface area contributed by atoms with Crippen molar-refractivity contribution in [3.63, 3.8) is 0 Å². The van der Waals surface area contributed by atoms with E-state index in [0.717, 1.165) is 5.69 Å². The molecule has 0 bridgehead atoms. The summed E-state index contributed by atoms with van der Waals surface area (Å²) in [4.78, 5) is 0. The van der Waals surface area contributed by atoms with E-state index < -0.39 is 0 Å². The SMILES string of the molecule is N#Cc1ccnn1-c1ccc(O)cc1. The third kappa shape index (κ3) is 1.31. The van der Waals surface area contributed by atoms with Crippen molar-refractivity contribution >= 4 is 0 Å². The fourth-order valence-corrected chi connectivity index (χ4v) is 1.19. The molecule has 1 aromatic heterocycles. The number of aromatic hydroxyl groups is 1. The Kier molecular flexibility index (Phi) is 1.92. The van der Waals surface area contributed by atoms with Gasteiger partial charge in [-0.25, -0.2) is 4.68 Å². The molecule has 0 saturated heterocycles. The standard InChI is InChI=1S/C10H7N3O/c11-7-9-5-6-12-13(9)8-1-3-10(14)4-2-8/h1-6,14H. The van der Waals surface area contributed by atoms with Gasteiger partial charge in [0.2, 0.25) is 0 Å². The van der Waals surface area contributed by atoms with Gasteiger partial charge in [0.1, 0.15) is 17.5 Å². The molecule has 0 unspecified atom stereocenters. The minimum absolute atomic E-state index is 0.194. The Labute approximate surface area is 80.6 Å². The number of hydrogen-bond donors (Lipinski definition) is 1.